The molecule has 0 saturated heterocycles. The third-order valence-electron chi connectivity index (χ3n) is 1.37. The minimum atomic E-state index is -5.47. The largest absolute Gasteiger partial charge is 0.501 e. The molecule has 0 fully saturated rings. The molecule has 0 radical (unpaired) electrons. The van der Waals surface area contributed by atoms with Gasteiger partial charge in [0.2, 0.25) is 0 Å². The van der Waals surface area contributed by atoms with Crippen molar-refractivity contribution in [1.29, 1.82) is 0 Å². The maximum Gasteiger partial charge on any atom is 0.455 e. The second-order valence-electron chi connectivity index (χ2n) is 2.64. The van der Waals surface area contributed by atoms with Gasteiger partial charge in [0.05, 0.1) is 12.9 Å². The van der Waals surface area contributed by atoms with Gasteiger partial charge in [0.25, 0.3) is 11.6 Å². The summed E-state index contributed by atoms with van der Waals surface area (Å²) in [5.74, 6) is -5.20. The molecule has 0 unspecified atom stereocenters. The molecule has 0 rings (SSSR count). The molecule has 9 heteroatoms. The molecule has 0 aliphatic carbocycles. The quantitative estimate of drug-likeness (QED) is 0.194. The van der Waals surface area contributed by atoms with Gasteiger partial charge in [0.1, 0.15) is 5.57 Å². The molecule has 0 aromatic heterocycles. The predicted molar refractivity (Wildman–Crippen MR) is 46.6 cm³/mol. The molecule has 0 heterocycles. The van der Waals surface area contributed by atoms with E-state index in [-0.39, 0.29) is 12.9 Å². The lowest BCUT2D eigenvalue weighted by molar-refractivity contribution is -0.168. The topological polar surface area (TPSA) is 43.4 Å². The van der Waals surface area contributed by atoms with Crippen LogP contribution in [0.4, 0.5) is 22.0 Å². The van der Waals surface area contributed by atoms with Crippen LogP contribution in [0.25, 0.3) is 0 Å². The van der Waals surface area contributed by atoms with E-state index >= 15 is 0 Å². The fourth-order valence-corrected chi connectivity index (χ4v) is 0.784. The predicted octanol–water partition coefficient (Wildman–Crippen LogP) is 2.44. The number of rotatable bonds is 5. The fourth-order valence-electron chi connectivity index (χ4n) is 0.682. The summed E-state index contributed by atoms with van der Waals surface area (Å²) in [4.78, 5) is 21.5. The first-order valence-corrected chi connectivity index (χ1v) is 4.44. The number of ether oxygens (including phenoxy) is 1. The van der Waals surface area contributed by atoms with Crippen molar-refractivity contribution in [3.8, 4) is 0 Å². The Morgan fingerprint density at radius 2 is 1.65 bits per heavy atom. The molecule has 0 spiro atoms. The number of allylic oxidation sites excluding steroid dienone is 1. The molecule has 17 heavy (non-hydrogen) atoms. The summed E-state index contributed by atoms with van der Waals surface area (Å²) in [6, 6.07) is 0. The van der Waals surface area contributed by atoms with Gasteiger partial charge in [0, 0.05) is 0 Å². The van der Waals surface area contributed by atoms with Crippen LogP contribution in [-0.4, -0.2) is 29.7 Å². The minimum Gasteiger partial charge on any atom is -0.501 e. The van der Waals surface area contributed by atoms with Crippen LogP contribution in [0.1, 0.15) is 6.92 Å². The summed E-state index contributed by atoms with van der Waals surface area (Å²) in [6.45, 7) is 1.10. The standard InChI is InChI=1S/C8H6ClF5O3/c1-2-17-3-4(5(15)7(9,10)11)6(16)8(12,13)14/h3H,2H2,1H3/b4-3-. The van der Waals surface area contributed by atoms with Gasteiger partial charge in [-0.05, 0) is 18.5 Å². The van der Waals surface area contributed by atoms with Crippen molar-refractivity contribution < 1.29 is 36.3 Å². The monoisotopic (exact) mass is 280 g/mol. The lowest BCUT2D eigenvalue weighted by Crippen LogP contribution is -2.34. The van der Waals surface area contributed by atoms with Crippen LogP contribution in [0.2, 0.25) is 0 Å². The molecule has 0 aromatic carbocycles. The van der Waals surface area contributed by atoms with Gasteiger partial charge < -0.3 is 4.74 Å². The molecular formula is C8H6ClF5O3. The maximum absolute atomic E-state index is 12.3. The second kappa shape index (κ2) is 5.44. The summed E-state index contributed by atoms with van der Waals surface area (Å²) in [6.07, 6.45) is -5.45. The van der Waals surface area contributed by atoms with Crippen molar-refractivity contribution in [3.05, 3.63) is 11.8 Å². The molecule has 0 aliphatic rings. The van der Waals surface area contributed by atoms with Gasteiger partial charge >= 0.3 is 11.6 Å². The summed E-state index contributed by atoms with van der Waals surface area (Å²) < 4.78 is 64.9. The Hall–Kier alpha value is -1.18. The van der Waals surface area contributed by atoms with Crippen LogP contribution < -0.4 is 0 Å². The summed E-state index contributed by atoms with van der Waals surface area (Å²) >= 11 is 4.25. The zero-order chi connectivity index (χ0) is 13.9. The minimum absolute atomic E-state index is 0.0223. The van der Waals surface area contributed by atoms with E-state index in [1.165, 1.54) is 6.92 Å². The Bertz CT molecular complexity index is 314. The van der Waals surface area contributed by atoms with Crippen molar-refractivity contribution >= 4 is 23.2 Å². The lowest BCUT2D eigenvalue weighted by atomic mass is 10.1. The highest BCUT2D eigenvalue weighted by molar-refractivity contribution is 6.39. The van der Waals surface area contributed by atoms with Crippen LogP contribution in [0.15, 0.2) is 11.8 Å². The third-order valence-corrected chi connectivity index (χ3v) is 1.54. The lowest BCUT2D eigenvalue weighted by Gasteiger charge is -2.11. The number of hydrogen-bond donors (Lipinski definition) is 0. The molecule has 3 nitrogen and oxygen atoms in total. The van der Waals surface area contributed by atoms with Gasteiger partial charge in [-0.3, -0.25) is 9.59 Å². The van der Waals surface area contributed by atoms with Gasteiger partial charge in [-0.1, -0.05) is 0 Å². The molecule has 0 aliphatic heterocycles. The third kappa shape index (κ3) is 4.68. The summed E-state index contributed by atoms with van der Waals surface area (Å²) in [7, 11) is 0. The van der Waals surface area contributed by atoms with E-state index < -0.39 is 28.7 Å². The Labute approximate surface area is 97.2 Å². The Morgan fingerprint density at radius 3 is 1.94 bits per heavy atom. The number of ketones is 2. The fraction of sp³-hybridized carbons (Fsp3) is 0.500. The zero-order valence-electron chi connectivity index (χ0n) is 8.28. The number of alkyl halides is 6. The van der Waals surface area contributed by atoms with Crippen molar-refractivity contribution in [1.82, 2.24) is 0 Å². The first-order valence-electron chi connectivity index (χ1n) is 4.06. The van der Waals surface area contributed by atoms with Crippen LogP contribution >= 0.6 is 11.6 Å². The number of Topliss-reactive ketones (excluding diaryl/α,β-unsaturated/α-hetero) is 2. The number of carbonyl (C=O) groups excluding carboxylic acids is 2. The van der Waals surface area contributed by atoms with E-state index in [4.69, 9.17) is 0 Å². The van der Waals surface area contributed by atoms with Crippen LogP contribution in [0.3, 0.4) is 0 Å². The van der Waals surface area contributed by atoms with E-state index in [2.05, 4.69) is 16.3 Å². The van der Waals surface area contributed by atoms with Crippen molar-refractivity contribution in [2.75, 3.05) is 6.61 Å². The highest BCUT2D eigenvalue weighted by Crippen LogP contribution is 2.28. The Balaban J connectivity index is 5.32. The normalized spacial score (nSPS) is 13.5. The van der Waals surface area contributed by atoms with E-state index in [9.17, 15) is 31.5 Å². The first kappa shape index (κ1) is 15.8. The molecule has 0 saturated carbocycles. The second-order valence-corrected chi connectivity index (χ2v) is 3.12. The van der Waals surface area contributed by atoms with Gasteiger partial charge in [0.15, 0.2) is 0 Å². The highest BCUT2D eigenvalue weighted by atomic mass is 35.5. The van der Waals surface area contributed by atoms with Gasteiger partial charge in [-0.2, -0.15) is 22.0 Å². The van der Waals surface area contributed by atoms with Crippen molar-refractivity contribution in [2.24, 2.45) is 0 Å². The van der Waals surface area contributed by atoms with E-state index in [0.717, 1.165) is 0 Å². The highest BCUT2D eigenvalue weighted by Gasteiger charge is 2.49. The molecule has 0 atom stereocenters. The zero-order valence-corrected chi connectivity index (χ0v) is 9.03. The smallest absolute Gasteiger partial charge is 0.455 e. The SMILES string of the molecule is CCO/C=C(\C(=O)C(F)(F)F)C(=O)C(F)(F)Cl. The van der Waals surface area contributed by atoms with Gasteiger partial charge in [-0.25, -0.2) is 0 Å². The van der Waals surface area contributed by atoms with Crippen molar-refractivity contribution in [2.45, 2.75) is 18.5 Å². The Morgan fingerprint density at radius 1 is 1.18 bits per heavy atom. The van der Waals surface area contributed by atoms with Crippen LogP contribution in [0.5, 0.6) is 0 Å². The summed E-state index contributed by atoms with van der Waals surface area (Å²) in [5, 5.41) is -4.61. The van der Waals surface area contributed by atoms with E-state index in [1.807, 2.05) is 0 Å². The molecule has 0 aromatic rings. The number of halogens is 6. The molecule has 0 amide bonds. The van der Waals surface area contributed by atoms with Gasteiger partial charge in [-0.15, -0.1) is 0 Å². The first-order chi connectivity index (χ1) is 7.51. The summed E-state index contributed by atoms with van der Waals surface area (Å²) in [5.41, 5.74) is -1.85. The molecule has 0 bridgehead atoms. The average Bonchev–Trinajstić information content (AvgIpc) is 2.14. The van der Waals surface area contributed by atoms with E-state index in [0.29, 0.717) is 0 Å². The van der Waals surface area contributed by atoms with E-state index in [1.54, 1.807) is 0 Å². The average molecular weight is 281 g/mol. The molecular weight excluding hydrogens is 275 g/mol. The Kier molecular flexibility index (Phi) is 5.06. The van der Waals surface area contributed by atoms with Crippen molar-refractivity contribution in [3.63, 3.8) is 0 Å². The van der Waals surface area contributed by atoms with Crippen LogP contribution in [0, 0.1) is 0 Å². The number of carbonyl (C=O) groups is 2. The molecule has 0 N–H and O–H groups in total. The molecule has 98 valence electrons. The number of hydrogen-bond acceptors (Lipinski definition) is 3. The van der Waals surface area contributed by atoms with Crippen LogP contribution in [-0.2, 0) is 14.3 Å². The maximum atomic E-state index is 12.3.